The topological polar surface area (TPSA) is 83.2 Å². The minimum absolute atomic E-state index is 0.782. The van der Waals surface area contributed by atoms with Crippen LogP contribution in [0.4, 0.5) is 0 Å². The molecule has 6 nitrogen and oxygen atoms in total. The van der Waals surface area contributed by atoms with E-state index in [2.05, 4.69) is 33.6 Å². The number of nitrogens with two attached hydrogens (primary N) is 2. The standard InChI is InChI=1S/2C7H15N3.C6H6/c2*1-7-9-4-6-10(7)5-2-3-8;1-2-4-6-5-3-1/h2*2-6,8H2,1H3;1-6H. The molecule has 0 amide bonds. The van der Waals surface area contributed by atoms with E-state index in [-0.39, 0.29) is 0 Å². The molecule has 0 saturated carbocycles. The van der Waals surface area contributed by atoms with E-state index in [0.717, 1.165) is 65.2 Å². The van der Waals surface area contributed by atoms with Crippen LogP contribution in [0.3, 0.4) is 0 Å². The zero-order valence-corrected chi connectivity index (χ0v) is 16.5. The minimum atomic E-state index is 0.782. The van der Waals surface area contributed by atoms with E-state index in [9.17, 15) is 0 Å². The fourth-order valence-electron chi connectivity index (χ4n) is 2.69. The average molecular weight is 361 g/mol. The Morgan fingerprint density at radius 2 is 1.08 bits per heavy atom. The number of nitrogens with zero attached hydrogens (tertiary/aromatic N) is 4. The molecule has 0 aliphatic carbocycles. The van der Waals surface area contributed by atoms with Crippen molar-refractivity contribution in [1.29, 1.82) is 0 Å². The van der Waals surface area contributed by atoms with Gasteiger partial charge in [-0.05, 0) is 39.8 Å². The Hall–Kier alpha value is -1.92. The van der Waals surface area contributed by atoms with Gasteiger partial charge in [-0.15, -0.1) is 0 Å². The van der Waals surface area contributed by atoms with Crippen LogP contribution < -0.4 is 11.5 Å². The van der Waals surface area contributed by atoms with E-state index in [1.54, 1.807) is 0 Å². The maximum atomic E-state index is 5.39. The lowest BCUT2D eigenvalue weighted by atomic mass is 10.4. The number of amidine groups is 2. The molecule has 3 rings (SSSR count). The first-order chi connectivity index (χ1) is 12.7. The molecule has 4 N–H and O–H groups in total. The molecule has 0 unspecified atom stereocenters. The molecule has 1 aromatic rings. The second-order valence-corrected chi connectivity index (χ2v) is 6.27. The molecule has 0 spiro atoms. The summed E-state index contributed by atoms with van der Waals surface area (Å²) in [6.45, 7) is 11.9. The van der Waals surface area contributed by atoms with Gasteiger partial charge >= 0.3 is 0 Å². The van der Waals surface area contributed by atoms with Crippen LogP contribution in [0.1, 0.15) is 26.7 Å². The van der Waals surface area contributed by atoms with Gasteiger partial charge in [-0.2, -0.15) is 0 Å². The van der Waals surface area contributed by atoms with Crippen molar-refractivity contribution in [2.75, 3.05) is 52.4 Å². The fourth-order valence-corrected chi connectivity index (χ4v) is 2.69. The molecule has 0 radical (unpaired) electrons. The molecule has 2 heterocycles. The van der Waals surface area contributed by atoms with Crippen LogP contribution in [0.25, 0.3) is 0 Å². The van der Waals surface area contributed by atoms with Crippen molar-refractivity contribution in [2.45, 2.75) is 26.7 Å². The Morgan fingerprint density at radius 3 is 1.31 bits per heavy atom. The van der Waals surface area contributed by atoms with Gasteiger partial charge in [0.1, 0.15) is 0 Å². The van der Waals surface area contributed by atoms with Crippen LogP contribution in [0.2, 0.25) is 0 Å². The lowest BCUT2D eigenvalue weighted by Crippen LogP contribution is -2.28. The van der Waals surface area contributed by atoms with Crippen molar-refractivity contribution in [1.82, 2.24) is 9.80 Å². The van der Waals surface area contributed by atoms with Crippen LogP contribution >= 0.6 is 0 Å². The van der Waals surface area contributed by atoms with Crippen molar-refractivity contribution >= 4 is 11.7 Å². The maximum absolute atomic E-state index is 5.39. The number of aliphatic imine (C=N–C) groups is 2. The van der Waals surface area contributed by atoms with E-state index >= 15 is 0 Å². The molecule has 0 saturated heterocycles. The third-order valence-electron chi connectivity index (χ3n) is 4.27. The Balaban J connectivity index is 0.000000201. The normalized spacial score (nSPS) is 15.5. The van der Waals surface area contributed by atoms with Crippen LogP contribution in [0.15, 0.2) is 46.4 Å². The van der Waals surface area contributed by atoms with Gasteiger partial charge in [0.2, 0.25) is 0 Å². The highest BCUT2D eigenvalue weighted by molar-refractivity contribution is 5.81. The van der Waals surface area contributed by atoms with Crippen molar-refractivity contribution in [3.8, 4) is 0 Å². The summed E-state index contributed by atoms with van der Waals surface area (Å²) in [4.78, 5) is 13.1. The van der Waals surface area contributed by atoms with E-state index in [4.69, 9.17) is 11.5 Å². The highest BCUT2D eigenvalue weighted by Gasteiger charge is 2.10. The predicted molar refractivity (Wildman–Crippen MR) is 113 cm³/mol. The summed E-state index contributed by atoms with van der Waals surface area (Å²) in [5.41, 5.74) is 10.8. The fraction of sp³-hybridized carbons (Fsp3) is 0.600. The summed E-state index contributed by atoms with van der Waals surface area (Å²) in [7, 11) is 0. The molecule has 0 atom stereocenters. The molecular formula is C20H36N6. The van der Waals surface area contributed by atoms with Crippen LogP contribution in [-0.2, 0) is 0 Å². The molecule has 0 bridgehead atoms. The quantitative estimate of drug-likeness (QED) is 0.811. The van der Waals surface area contributed by atoms with Gasteiger partial charge in [-0.3, -0.25) is 9.98 Å². The Morgan fingerprint density at radius 1 is 0.731 bits per heavy atom. The third-order valence-corrected chi connectivity index (χ3v) is 4.27. The van der Waals surface area contributed by atoms with E-state index in [1.807, 2.05) is 36.4 Å². The van der Waals surface area contributed by atoms with Gasteiger partial charge in [-0.1, -0.05) is 36.4 Å². The third kappa shape index (κ3) is 9.53. The Bertz CT molecular complexity index is 456. The van der Waals surface area contributed by atoms with E-state index in [0.29, 0.717) is 0 Å². The Kier molecular flexibility index (Phi) is 12.1. The van der Waals surface area contributed by atoms with Crippen LogP contribution in [0, 0.1) is 0 Å². The van der Waals surface area contributed by atoms with Crippen LogP contribution in [0.5, 0.6) is 0 Å². The molecule has 2 aliphatic rings. The number of hydrogen-bond acceptors (Lipinski definition) is 6. The molecule has 26 heavy (non-hydrogen) atoms. The molecule has 0 fully saturated rings. The largest absolute Gasteiger partial charge is 0.359 e. The second-order valence-electron chi connectivity index (χ2n) is 6.27. The monoisotopic (exact) mass is 360 g/mol. The summed E-state index contributed by atoms with van der Waals surface area (Å²) in [6.07, 6.45) is 2.15. The summed E-state index contributed by atoms with van der Waals surface area (Å²) < 4.78 is 0. The zero-order valence-electron chi connectivity index (χ0n) is 16.5. The second kappa shape index (κ2) is 14.3. The predicted octanol–water partition coefficient (Wildman–Crippen LogP) is 1.83. The highest BCUT2D eigenvalue weighted by atomic mass is 15.2. The maximum Gasteiger partial charge on any atom is 0.0958 e. The summed E-state index contributed by atoms with van der Waals surface area (Å²) in [5, 5.41) is 0. The van der Waals surface area contributed by atoms with Gasteiger partial charge in [0.05, 0.1) is 24.8 Å². The molecule has 2 aliphatic heterocycles. The summed E-state index contributed by atoms with van der Waals surface area (Å²) in [6, 6.07) is 12.0. The number of hydrogen-bond donors (Lipinski definition) is 2. The number of benzene rings is 1. The Labute approximate surface area is 159 Å². The smallest absolute Gasteiger partial charge is 0.0958 e. The van der Waals surface area contributed by atoms with Gasteiger partial charge in [-0.25, -0.2) is 0 Å². The first-order valence-electron chi connectivity index (χ1n) is 9.61. The minimum Gasteiger partial charge on any atom is -0.359 e. The van der Waals surface area contributed by atoms with Gasteiger partial charge in [0.25, 0.3) is 0 Å². The van der Waals surface area contributed by atoms with E-state index in [1.165, 1.54) is 11.7 Å². The molecular weight excluding hydrogens is 324 g/mol. The van der Waals surface area contributed by atoms with Gasteiger partial charge in [0.15, 0.2) is 0 Å². The highest BCUT2D eigenvalue weighted by Crippen LogP contribution is 2.01. The first kappa shape index (κ1) is 22.1. The molecule has 1 aromatic carbocycles. The van der Waals surface area contributed by atoms with Crippen molar-refractivity contribution in [3.63, 3.8) is 0 Å². The number of rotatable bonds is 6. The van der Waals surface area contributed by atoms with Crippen LogP contribution in [-0.4, -0.2) is 73.8 Å². The average Bonchev–Trinajstić information content (AvgIpc) is 3.28. The lowest BCUT2D eigenvalue weighted by Gasteiger charge is -2.16. The summed E-state index contributed by atoms with van der Waals surface area (Å²) >= 11 is 0. The first-order valence-corrected chi connectivity index (χ1v) is 9.61. The SMILES string of the molecule is CC1=NCCN1CCCN.CC1=NCCN1CCCN.c1ccccc1. The van der Waals surface area contributed by atoms with Gasteiger partial charge in [0, 0.05) is 26.2 Å². The van der Waals surface area contributed by atoms with Gasteiger partial charge < -0.3 is 21.3 Å². The molecule has 6 heteroatoms. The molecule has 146 valence electrons. The van der Waals surface area contributed by atoms with Crippen molar-refractivity contribution in [3.05, 3.63) is 36.4 Å². The lowest BCUT2D eigenvalue weighted by molar-refractivity contribution is 0.447. The van der Waals surface area contributed by atoms with Crippen molar-refractivity contribution in [2.24, 2.45) is 21.5 Å². The van der Waals surface area contributed by atoms with Crippen molar-refractivity contribution < 1.29 is 0 Å². The molecule has 0 aromatic heterocycles. The zero-order chi connectivity index (χ0) is 19.0. The summed E-state index contributed by atoms with van der Waals surface area (Å²) in [5.74, 6) is 2.35. The van der Waals surface area contributed by atoms with E-state index < -0.39 is 0 Å².